The van der Waals surface area contributed by atoms with Crippen molar-refractivity contribution in [3.8, 4) is 0 Å². The smallest absolute Gasteiger partial charge is 0.110 e. The summed E-state index contributed by atoms with van der Waals surface area (Å²) < 4.78 is 11.9. The largest absolute Gasteiger partial charge is 0.389 e. The lowest BCUT2D eigenvalue weighted by Crippen LogP contribution is -2.39. The van der Waals surface area contributed by atoms with E-state index in [0.29, 0.717) is 18.1 Å². The molecule has 1 atom stereocenters. The van der Waals surface area contributed by atoms with Gasteiger partial charge in [0.1, 0.15) is 10.6 Å². The Morgan fingerprint density at radius 2 is 2.42 bits per heavy atom. The summed E-state index contributed by atoms with van der Waals surface area (Å²) in [6.07, 6.45) is 0.884. The van der Waals surface area contributed by atoms with Gasteiger partial charge >= 0.3 is 0 Å². The Morgan fingerprint density at radius 3 is 3.00 bits per heavy atom. The predicted octanol–water partition coefficient (Wildman–Crippen LogP) is 2.30. The van der Waals surface area contributed by atoms with Crippen LogP contribution in [0.15, 0.2) is 22.7 Å². The van der Waals surface area contributed by atoms with Crippen LogP contribution in [0.1, 0.15) is 12.0 Å². The Balaban J connectivity index is 2.13. The lowest BCUT2D eigenvalue weighted by molar-refractivity contribution is -0.00620. The van der Waals surface area contributed by atoms with E-state index in [1.165, 1.54) is 0 Å². The van der Waals surface area contributed by atoms with Crippen LogP contribution < -0.4 is 11.1 Å². The van der Waals surface area contributed by atoms with Crippen molar-refractivity contribution >= 4 is 38.8 Å². The molecule has 1 aliphatic rings. The van der Waals surface area contributed by atoms with Gasteiger partial charge < -0.3 is 20.5 Å². The third-order valence-electron chi connectivity index (χ3n) is 3.35. The first-order valence-corrected chi connectivity index (χ1v) is 7.22. The lowest BCUT2D eigenvalue weighted by Gasteiger charge is -2.27. The lowest BCUT2D eigenvalue weighted by atomic mass is 10.0. The van der Waals surface area contributed by atoms with Crippen LogP contribution in [0.25, 0.3) is 0 Å². The fraction of sp³-hybridized carbons (Fsp3) is 0.462. The molecule has 2 rings (SSSR count). The standard InChI is InChI=1S/C13H17BrN2O2S/c1-17-13(4-5-18-8-13)7-16-11-3-2-9(14)6-10(11)12(15)19/h2-3,6,16H,4-5,7-8H2,1H3,(H2,15,19). The maximum Gasteiger partial charge on any atom is 0.110 e. The summed E-state index contributed by atoms with van der Waals surface area (Å²) in [5.41, 5.74) is 7.23. The van der Waals surface area contributed by atoms with E-state index in [-0.39, 0.29) is 5.60 Å². The van der Waals surface area contributed by atoms with E-state index < -0.39 is 0 Å². The second-order valence-corrected chi connectivity index (χ2v) is 5.95. The summed E-state index contributed by atoms with van der Waals surface area (Å²) in [7, 11) is 1.71. The second-order valence-electron chi connectivity index (χ2n) is 4.60. The number of thiocarbonyl (C=S) groups is 1. The Hall–Kier alpha value is -0.690. The quantitative estimate of drug-likeness (QED) is 0.802. The molecule has 1 aromatic rings. The molecule has 1 aliphatic heterocycles. The van der Waals surface area contributed by atoms with Gasteiger partial charge in [-0.2, -0.15) is 0 Å². The molecule has 6 heteroatoms. The average molecular weight is 345 g/mol. The van der Waals surface area contributed by atoms with Gasteiger partial charge in [0, 0.05) is 42.4 Å². The van der Waals surface area contributed by atoms with Crippen molar-refractivity contribution in [1.82, 2.24) is 0 Å². The van der Waals surface area contributed by atoms with Gasteiger partial charge in [-0.15, -0.1) is 0 Å². The first-order valence-electron chi connectivity index (χ1n) is 6.02. The molecule has 0 amide bonds. The SMILES string of the molecule is COC1(CNc2ccc(Br)cc2C(N)=S)CCOC1. The van der Waals surface area contributed by atoms with E-state index in [4.69, 9.17) is 27.4 Å². The summed E-state index contributed by atoms with van der Waals surface area (Å²) in [5, 5.41) is 3.36. The van der Waals surface area contributed by atoms with Crippen LogP contribution in [-0.2, 0) is 9.47 Å². The molecule has 0 bridgehead atoms. The number of hydrogen-bond donors (Lipinski definition) is 2. The van der Waals surface area contributed by atoms with Gasteiger partial charge in [0.05, 0.1) is 6.61 Å². The number of methoxy groups -OCH3 is 1. The van der Waals surface area contributed by atoms with Crippen LogP contribution in [0.2, 0.25) is 0 Å². The first-order chi connectivity index (χ1) is 9.06. The van der Waals surface area contributed by atoms with Gasteiger partial charge in [0.2, 0.25) is 0 Å². The molecule has 1 unspecified atom stereocenters. The van der Waals surface area contributed by atoms with Crippen molar-refractivity contribution in [3.05, 3.63) is 28.2 Å². The van der Waals surface area contributed by atoms with Crippen molar-refractivity contribution in [2.45, 2.75) is 12.0 Å². The van der Waals surface area contributed by atoms with Crippen molar-refractivity contribution < 1.29 is 9.47 Å². The van der Waals surface area contributed by atoms with E-state index in [0.717, 1.165) is 28.8 Å². The summed E-state index contributed by atoms with van der Waals surface area (Å²) in [6, 6.07) is 5.82. The number of anilines is 1. The van der Waals surface area contributed by atoms with E-state index in [1.807, 2.05) is 18.2 Å². The zero-order chi connectivity index (χ0) is 13.9. The zero-order valence-corrected chi connectivity index (χ0v) is 13.1. The second kappa shape index (κ2) is 6.17. The number of nitrogens with two attached hydrogens (primary N) is 1. The van der Waals surface area contributed by atoms with Gasteiger partial charge in [0.15, 0.2) is 0 Å². The highest BCUT2D eigenvalue weighted by Crippen LogP contribution is 2.26. The Kier molecular flexibility index (Phi) is 4.78. The number of ether oxygens (including phenoxy) is 2. The summed E-state index contributed by atoms with van der Waals surface area (Å²) in [6.45, 7) is 2.01. The van der Waals surface area contributed by atoms with Gasteiger partial charge in [-0.25, -0.2) is 0 Å². The molecule has 19 heavy (non-hydrogen) atoms. The van der Waals surface area contributed by atoms with E-state index >= 15 is 0 Å². The monoisotopic (exact) mass is 344 g/mol. The van der Waals surface area contributed by atoms with E-state index in [1.54, 1.807) is 7.11 Å². The van der Waals surface area contributed by atoms with Gasteiger partial charge in [-0.3, -0.25) is 0 Å². The number of hydrogen-bond acceptors (Lipinski definition) is 4. The molecule has 1 saturated heterocycles. The van der Waals surface area contributed by atoms with Gasteiger partial charge in [0.25, 0.3) is 0 Å². The molecule has 4 nitrogen and oxygen atoms in total. The summed E-state index contributed by atoms with van der Waals surface area (Å²) in [5.74, 6) is 0. The minimum absolute atomic E-state index is 0.263. The molecule has 1 aromatic carbocycles. The molecule has 0 aliphatic carbocycles. The Bertz CT molecular complexity index is 476. The van der Waals surface area contributed by atoms with E-state index in [9.17, 15) is 0 Å². The molecule has 3 N–H and O–H groups in total. The van der Waals surface area contributed by atoms with Crippen molar-refractivity contribution in [3.63, 3.8) is 0 Å². The highest BCUT2D eigenvalue weighted by atomic mass is 79.9. The minimum atomic E-state index is -0.263. The summed E-state index contributed by atoms with van der Waals surface area (Å²) >= 11 is 8.49. The molecule has 1 heterocycles. The van der Waals surface area contributed by atoms with Crippen LogP contribution in [0, 0.1) is 0 Å². The Labute approximate surface area is 126 Å². The van der Waals surface area contributed by atoms with Crippen LogP contribution >= 0.6 is 28.1 Å². The van der Waals surface area contributed by atoms with Crippen molar-refractivity contribution in [1.29, 1.82) is 0 Å². The number of nitrogens with one attached hydrogen (secondary N) is 1. The van der Waals surface area contributed by atoms with Crippen LogP contribution in [0.5, 0.6) is 0 Å². The number of rotatable bonds is 5. The molecule has 104 valence electrons. The molecule has 0 radical (unpaired) electrons. The molecular formula is C13H17BrN2O2S. The van der Waals surface area contributed by atoms with Crippen molar-refractivity contribution in [2.24, 2.45) is 5.73 Å². The third-order valence-corrected chi connectivity index (χ3v) is 4.06. The average Bonchev–Trinajstić information content (AvgIpc) is 2.86. The molecule has 0 aromatic heterocycles. The van der Waals surface area contributed by atoms with Gasteiger partial charge in [-0.1, -0.05) is 28.1 Å². The normalized spacial score (nSPS) is 22.4. The van der Waals surface area contributed by atoms with Crippen LogP contribution in [0.3, 0.4) is 0 Å². The topological polar surface area (TPSA) is 56.5 Å². The molecule has 0 spiro atoms. The number of benzene rings is 1. The van der Waals surface area contributed by atoms with Crippen LogP contribution in [-0.4, -0.2) is 37.5 Å². The molecule has 1 fully saturated rings. The fourth-order valence-corrected chi connectivity index (χ4v) is 2.62. The number of halogens is 1. The summed E-state index contributed by atoms with van der Waals surface area (Å²) in [4.78, 5) is 0.373. The first kappa shape index (κ1) is 14.7. The Morgan fingerprint density at radius 1 is 1.63 bits per heavy atom. The fourth-order valence-electron chi connectivity index (χ4n) is 2.09. The molecular weight excluding hydrogens is 328 g/mol. The third kappa shape index (κ3) is 3.45. The maximum atomic E-state index is 5.75. The van der Waals surface area contributed by atoms with Crippen LogP contribution in [0.4, 0.5) is 5.69 Å². The predicted molar refractivity (Wildman–Crippen MR) is 83.7 cm³/mol. The minimum Gasteiger partial charge on any atom is -0.389 e. The molecule has 0 saturated carbocycles. The van der Waals surface area contributed by atoms with Gasteiger partial charge in [-0.05, 0) is 18.2 Å². The highest BCUT2D eigenvalue weighted by Gasteiger charge is 2.34. The van der Waals surface area contributed by atoms with Crippen molar-refractivity contribution in [2.75, 3.05) is 32.2 Å². The zero-order valence-electron chi connectivity index (χ0n) is 10.7. The highest BCUT2D eigenvalue weighted by molar-refractivity contribution is 9.10. The van der Waals surface area contributed by atoms with E-state index in [2.05, 4.69) is 21.2 Å². The maximum absolute atomic E-state index is 5.75.